The molecular formula is C11H13ClFN5O3. The maximum absolute atomic E-state index is 14.2. The van der Waals surface area contributed by atoms with Crippen LogP contribution in [0.15, 0.2) is 6.33 Å². The fraction of sp³-hybridized carbons (Fsp3) is 0.545. The van der Waals surface area contributed by atoms with E-state index in [1.807, 2.05) is 0 Å². The lowest BCUT2D eigenvalue weighted by molar-refractivity contribution is -0.0459. The molecule has 8 nitrogen and oxygen atoms in total. The molecule has 4 atom stereocenters. The lowest BCUT2D eigenvalue weighted by Gasteiger charge is -2.15. The second-order valence-electron chi connectivity index (χ2n) is 4.60. The SMILES string of the molecule is CNc1nc(Cl)nc2c1ncn2[C@@H]1O[C@H](CO)[C@H](O)C1F. The Balaban J connectivity index is 2.07. The molecule has 2 aromatic heterocycles. The molecule has 1 fully saturated rings. The van der Waals surface area contributed by atoms with Crippen LogP contribution in [0.1, 0.15) is 6.23 Å². The van der Waals surface area contributed by atoms with Crippen molar-refractivity contribution in [3.05, 3.63) is 11.6 Å². The Morgan fingerprint density at radius 3 is 2.90 bits per heavy atom. The first-order valence-corrected chi connectivity index (χ1v) is 6.61. The van der Waals surface area contributed by atoms with E-state index < -0.39 is 31.2 Å². The first-order chi connectivity index (χ1) is 10.1. The number of aliphatic hydroxyl groups excluding tert-OH is 2. The minimum atomic E-state index is -1.72. The number of aliphatic hydroxyl groups is 2. The summed E-state index contributed by atoms with van der Waals surface area (Å²) in [4.78, 5) is 12.1. The summed E-state index contributed by atoms with van der Waals surface area (Å²) in [7, 11) is 1.65. The summed E-state index contributed by atoms with van der Waals surface area (Å²) in [6.07, 6.45) is -3.94. The Bertz CT molecular complexity index is 669. The number of rotatable bonds is 3. The molecular weight excluding hydrogens is 305 g/mol. The predicted octanol–water partition coefficient (Wildman–Crippen LogP) is 0.110. The molecule has 0 bridgehead atoms. The highest BCUT2D eigenvalue weighted by Crippen LogP contribution is 2.34. The van der Waals surface area contributed by atoms with Crippen LogP contribution in [-0.4, -0.2) is 61.8 Å². The monoisotopic (exact) mass is 317 g/mol. The van der Waals surface area contributed by atoms with Crippen molar-refractivity contribution in [1.82, 2.24) is 19.5 Å². The normalized spacial score (nSPS) is 29.2. The van der Waals surface area contributed by atoms with Crippen LogP contribution in [0.3, 0.4) is 0 Å². The Morgan fingerprint density at radius 1 is 1.52 bits per heavy atom. The van der Waals surface area contributed by atoms with Gasteiger partial charge in [-0.1, -0.05) is 0 Å². The van der Waals surface area contributed by atoms with Gasteiger partial charge in [-0.2, -0.15) is 9.97 Å². The molecule has 3 N–H and O–H groups in total. The van der Waals surface area contributed by atoms with Crippen molar-refractivity contribution in [3.8, 4) is 0 Å². The maximum Gasteiger partial charge on any atom is 0.226 e. The van der Waals surface area contributed by atoms with Crippen molar-refractivity contribution in [2.24, 2.45) is 0 Å². The molecule has 0 radical (unpaired) electrons. The number of hydrogen-bond acceptors (Lipinski definition) is 7. The third kappa shape index (κ3) is 2.22. The smallest absolute Gasteiger partial charge is 0.226 e. The van der Waals surface area contributed by atoms with Gasteiger partial charge < -0.3 is 20.3 Å². The molecule has 3 heterocycles. The fourth-order valence-electron chi connectivity index (χ4n) is 2.33. The Labute approximate surface area is 123 Å². The van der Waals surface area contributed by atoms with Crippen LogP contribution in [0.4, 0.5) is 10.2 Å². The van der Waals surface area contributed by atoms with Gasteiger partial charge >= 0.3 is 0 Å². The van der Waals surface area contributed by atoms with Gasteiger partial charge in [0.05, 0.1) is 12.9 Å². The standard InChI is InChI=1S/C11H13ClFN5O3/c1-14-8-6-9(17-11(12)16-8)18(3-15-6)10-5(13)7(20)4(2-19)21-10/h3-5,7,10,19-20H,2H2,1H3,(H,14,16,17)/t4-,5?,7+,10-/m1/s1. The molecule has 1 aliphatic rings. The maximum atomic E-state index is 14.2. The lowest BCUT2D eigenvalue weighted by Crippen LogP contribution is -2.30. The van der Waals surface area contributed by atoms with E-state index in [0.717, 1.165) is 0 Å². The van der Waals surface area contributed by atoms with Crippen molar-refractivity contribution < 1.29 is 19.3 Å². The number of halogens is 2. The molecule has 0 aliphatic carbocycles. The second kappa shape index (κ2) is 5.34. The highest BCUT2D eigenvalue weighted by molar-refractivity contribution is 6.28. The number of hydrogen-bond donors (Lipinski definition) is 3. The average molecular weight is 318 g/mol. The van der Waals surface area contributed by atoms with E-state index in [2.05, 4.69) is 20.3 Å². The number of aromatic nitrogens is 4. The van der Waals surface area contributed by atoms with Crippen LogP contribution in [0.25, 0.3) is 11.2 Å². The number of fused-ring (bicyclic) bond motifs is 1. The van der Waals surface area contributed by atoms with E-state index in [9.17, 15) is 9.50 Å². The summed E-state index contributed by atoms with van der Waals surface area (Å²) in [5.41, 5.74) is 0.678. The third-order valence-corrected chi connectivity index (χ3v) is 3.55. The number of imidazole rings is 1. The Kier molecular flexibility index (Phi) is 3.66. The van der Waals surface area contributed by atoms with Crippen molar-refractivity contribution in [2.75, 3.05) is 19.0 Å². The quantitative estimate of drug-likeness (QED) is 0.690. The number of anilines is 1. The zero-order valence-corrected chi connectivity index (χ0v) is 11.7. The van der Waals surface area contributed by atoms with Crippen molar-refractivity contribution in [1.29, 1.82) is 0 Å². The van der Waals surface area contributed by atoms with Gasteiger partial charge in [0, 0.05) is 7.05 Å². The zero-order chi connectivity index (χ0) is 15.1. The van der Waals surface area contributed by atoms with Gasteiger partial charge in [-0.05, 0) is 11.6 Å². The average Bonchev–Trinajstić information content (AvgIpc) is 3.01. The molecule has 1 aliphatic heterocycles. The van der Waals surface area contributed by atoms with E-state index >= 15 is 0 Å². The summed E-state index contributed by atoms with van der Waals surface area (Å²) in [5, 5.41) is 21.6. The number of alkyl halides is 1. The first kappa shape index (κ1) is 14.4. The third-order valence-electron chi connectivity index (χ3n) is 3.38. The molecule has 3 rings (SSSR count). The van der Waals surface area contributed by atoms with Crippen molar-refractivity contribution in [3.63, 3.8) is 0 Å². The zero-order valence-electron chi connectivity index (χ0n) is 10.9. The van der Waals surface area contributed by atoms with E-state index in [1.54, 1.807) is 7.05 Å². The fourth-order valence-corrected chi connectivity index (χ4v) is 2.49. The summed E-state index contributed by atoms with van der Waals surface area (Å²) in [5.74, 6) is 0.399. The van der Waals surface area contributed by atoms with Gasteiger partial charge in [-0.15, -0.1) is 0 Å². The first-order valence-electron chi connectivity index (χ1n) is 6.23. The largest absolute Gasteiger partial charge is 0.394 e. The van der Waals surface area contributed by atoms with E-state index in [4.69, 9.17) is 21.4 Å². The summed E-state index contributed by atoms with van der Waals surface area (Å²) in [6, 6.07) is 0. The number of ether oxygens (including phenoxy) is 1. The molecule has 0 amide bonds. The minimum Gasteiger partial charge on any atom is -0.394 e. The van der Waals surface area contributed by atoms with Crippen LogP contribution in [0.2, 0.25) is 5.28 Å². The molecule has 0 spiro atoms. The van der Waals surface area contributed by atoms with Crippen LogP contribution in [-0.2, 0) is 4.74 Å². The highest BCUT2D eigenvalue weighted by Gasteiger charge is 2.45. The second-order valence-corrected chi connectivity index (χ2v) is 4.94. The molecule has 21 heavy (non-hydrogen) atoms. The van der Waals surface area contributed by atoms with Gasteiger partial charge in [-0.3, -0.25) is 4.57 Å². The molecule has 0 saturated carbocycles. The predicted molar refractivity (Wildman–Crippen MR) is 71.8 cm³/mol. The topological polar surface area (TPSA) is 105 Å². The van der Waals surface area contributed by atoms with Crippen LogP contribution >= 0.6 is 11.6 Å². The number of nitrogens with zero attached hydrogens (tertiary/aromatic N) is 4. The molecule has 10 heteroatoms. The van der Waals surface area contributed by atoms with Crippen molar-refractivity contribution >= 4 is 28.6 Å². The lowest BCUT2D eigenvalue weighted by atomic mass is 10.1. The minimum absolute atomic E-state index is 0.0266. The van der Waals surface area contributed by atoms with Gasteiger partial charge in [0.25, 0.3) is 0 Å². The van der Waals surface area contributed by atoms with Gasteiger partial charge in [-0.25, -0.2) is 9.37 Å². The summed E-state index contributed by atoms with van der Waals surface area (Å²) in [6.45, 7) is -0.484. The van der Waals surface area contributed by atoms with Crippen LogP contribution < -0.4 is 5.32 Å². The molecule has 1 unspecified atom stereocenters. The number of nitrogens with one attached hydrogen (secondary N) is 1. The summed E-state index contributed by atoms with van der Waals surface area (Å²) >= 11 is 5.83. The molecule has 0 aromatic carbocycles. The Hall–Kier alpha value is -1.55. The van der Waals surface area contributed by atoms with E-state index in [0.29, 0.717) is 11.3 Å². The molecule has 2 aromatic rings. The van der Waals surface area contributed by atoms with E-state index in [1.165, 1.54) is 10.9 Å². The highest BCUT2D eigenvalue weighted by atomic mass is 35.5. The summed E-state index contributed by atoms with van der Waals surface area (Å²) < 4.78 is 20.8. The van der Waals surface area contributed by atoms with Crippen LogP contribution in [0, 0.1) is 0 Å². The van der Waals surface area contributed by atoms with Gasteiger partial charge in [0.15, 0.2) is 29.4 Å². The Morgan fingerprint density at radius 2 is 2.29 bits per heavy atom. The van der Waals surface area contributed by atoms with E-state index in [-0.39, 0.29) is 10.9 Å². The van der Waals surface area contributed by atoms with Gasteiger partial charge in [0.1, 0.15) is 12.2 Å². The van der Waals surface area contributed by atoms with Crippen LogP contribution in [0.5, 0.6) is 0 Å². The van der Waals surface area contributed by atoms with Gasteiger partial charge in [0.2, 0.25) is 5.28 Å². The molecule has 114 valence electrons. The van der Waals surface area contributed by atoms with Crippen molar-refractivity contribution in [2.45, 2.75) is 24.6 Å². The molecule has 1 saturated heterocycles.